The number of hydrogen-bond acceptors (Lipinski definition) is 13. The summed E-state index contributed by atoms with van der Waals surface area (Å²) in [5.41, 5.74) is 4.25. The highest BCUT2D eigenvalue weighted by Crippen LogP contribution is 2.26. The van der Waals surface area contributed by atoms with Crippen LogP contribution in [0.3, 0.4) is 0 Å². The summed E-state index contributed by atoms with van der Waals surface area (Å²) in [7, 11) is 0. The Bertz CT molecular complexity index is 2310. The number of aliphatic hydroxyl groups is 1. The number of ether oxygens (including phenoxy) is 4. The van der Waals surface area contributed by atoms with Crippen LogP contribution in [0.15, 0.2) is 84.9 Å². The molecule has 4 aromatic carbocycles. The number of amides is 2. The first-order valence-corrected chi connectivity index (χ1v) is 20.3. The number of benzene rings is 4. The molecule has 17 nitrogen and oxygen atoms in total. The summed E-state index contributed by atoms with van der Waals surface area (Å²) in [4.78, 5) is 92.9. The van der Waals surface area contributed by atoms with Gasteiger partial charge in [0.1, 0.15) is 11.5 Å². The van der Waals surface area contributed by atoms with Crippen molar-refractivity contribution < 1.29 is 72.6 Å². The Morgan fingerprint density at radius 1 is 0.554 bits per heavy atom. The third-order valence-electron chi connectivity index (χ3n) is 9.12. The summed E-state index contributed by atoms with van der Waals surface area (Å²) in [6, 6.07) is 22.3. The van der Waals surface area contributed by atoms with Crippen molar-refractivity contribution >= 4 is 47.6 Å². The highest BCUT2D eigenvalue weighted by molar-refractivity contribution is 5.98. The van der Waals surface area contributed by atoms with E-state index in [1.165, 1.54) is 20.8 Å². The number of hydrogen-bond donors (Lipinski definition) is 5. The van der Waals surface area contributed by atoms with Crippen molar-refractivity contribution in [1.82, 2.24) is 10.6 Å². The van der Waals surface area contributed by atoms with E-state index in [1.54, 1.807) is 107 Å². The van der Waals surface area contributed by atoms with Crippen LogP contribution in [0.4, 0.5) is 0 Å². The van der Waals surface area contributed by atoms with Crippen molar-refractivity contribution in [1.29, 1.82) is 0 Å². The third-order valence-corrected chi connectivity index (χ3v) is 9.12. The van der Waals surface area contributed by atoms with Gasteiger partial charge in [0, 0.05) is 49.9 Å². The fourth-order valence-corrected chi connectivity index (χ4v) is 6.21. The molecule has 0 bridgehead atoms. The predicted molar refractivity (Wildman–Crippen MR) is 236 cm³/mol. The number of aliphatic hydroxyl groups excluding tert-OH is 1. The number of nitrogens with one attached hydrogen (secondary N) is 2. The van der Waals surface area contributed by atoms with Crippen LogP contribution in [-0.2, 0) is 51.1 Å². The molecule has 4 aromatic rings. The van der Waals surface area contributed by atoms with Gasteiger partial charge in [0.2, 0.25) is 6.10 Å². The molecule has 0 fully saturated rings. The summed E-state index contributed by atoms with van der Waals surface area (Å²) >= 11 is 0. The first-order valence-electron chi connectivity index (χ1n) is 20.3. The minimum atomic E-state index is -1.78. The highest BCUT2D eigenvalue weighted by Gasteiger charge is 2.34. The van der Waals surface area contributed by atoms with E-state index in [-0.39, 0.29) is 41.4 Å². The molecule has 0 radical (unpaired) electrons. The minimum Gasteiger partial charge on any atom is -0.479 e. The van der Waals surface area contributed by atoms with E-state index in [1.807, 2.05) is 12.1 Å². The van der Waals surface area contributed by atoms with E-state index in [9.17, 15) is 53.7 Å². The van der Waals surface area contributed by atoms with Crippen molar-refractivity contribution in [3.05, 3.63) is 129 Å². The lowest BCUT2D eigenvalue weighted by molar-refractivity contribution is -0.164. The van der Waals surface area contributed by atoms with Gasteiger partial charge in [-0.1, -0.05) is 60.7 Å². The molecular weight excluding hydrogens is 845 g/mol. The molecule has 4 rings (SSSR count). The maximum Gasteiger partial charge on any atom is 0.347 e. The molecule has 5 N–H and O–H groups in total. The monoisotopic (exact) mass is 900 g/mol. The summed E-state index contributed by atoms with van der Waals surface area (Å²) in [6.07, 6.45) is -3.10. The van der Waals surface area contributed by atoms with Crippen LogP contribution in [0.25, 0.3) is 0 Å². The van der Waals surface area contributed by atoms with Crippen LogP contribution >= 0.6 is 0 Å². The molecule has 2 amide bonds. The van der Waals surface area contributed by atoms with Crippen LogP contribution in [-0.4, -0.2) is 93.8 Å². The van der Waals surface area contributed by atoms with Crippen LogP contribution in [0.5, 0.6) is 11.5 Å². The predicted octanol–water partition coefficient (Wildman–Crippen LogP) is 5.17. The van der Waals surface area contributed by atoms with Gasteiger partial charge in [-0.05, 0) is 94.0 Å². The molecule has 4 atom stereocenters. The van der Waals surface area contributed by atoms with Crippen molar-refractivity contribution in [3.8, 4) is 11.5 Å². The molecule has 0 aliphatic rings. The van der Waals surface area contributed by atoms with Crippen molar-refractivity contribution in [3.63, 3.8) is 0 Å². The van der Waals surface area contributed by atoms with Crippen LogP contribution in [0.2, 0.25) is 0 Å². The number of carbonyl (C=O) groups excluding carboxylic acids is 6. The van der Waals surface area contributed by atoms with Gasteiger partial charge in [-0.15, -0.1) is 0 Å². The zero-order valence-electron chi connectivity index (χ0n) is 37.8. The molecule has 0 aliphatic heterocycles. The zero-order valence-corrected chi connectivity index (χ0v) is 37.8. The minimum absolute atomic E-state index is 0.124. The van der Waals surface area contributed by atoms with Gasteiger partial charge in [-0.25, -0.2) is 9.59 Å². The Labute approximate surface area is 377 Å². The number of carbonyl (C=O) groups is 8. The summed E-state index contributed by atoms with van der Waals surface area (Å²) in [5.74, 6) is -5.46. The number of carboxylic acids is 2. The maximum atomic E-state index is 13.1. The smallest absolute Gasteiger partial charge is 0.347 e. The first-order chi connectivity index (χ1) is 30.5. The quantitative estimate of drug-likeness (QED) is 0.0718. The summed E-state index contributed by atoms with van der Waals surface area (Å²) in [6.45, 7) is 14.0. The lowest BCUT2D eigenvalue weighted by atomic mass is 9.99. The lowest BCUT2D eigenvalue weighted by Crippen LogP contribution is -2.50. The SMILES string of the molecule is CC(=O)Oc1cc(C)cc(C(=O)N[C@@H](Cc2ccccc2)[C@H](O)C(=O)O)c1C.CC(=O)Oc1cc(C)cc(C(=O)N[C@@H](Cc2ccccc2)[C@H](OC(C)=O)C(=O)O)c1C.CCOC(C)=O. The molecule has 0 saturated heterocycles. The third kappa shape index (κ3) is 18.5. The van der Waals surface area contributed by atoms with E-state index in [0.29, 0.717) is 28.9 Å². The number of aliphatic carboxylic acids is 2. The average Bonchev–Trinajstić information content (AvgIpc) is 3.22. The lowest BCUT2D eigenvalue weighted by Gasteiger charge is -2.25. The van der Waals surface area contributed by atoms with E-state index in [4.69, 9.17) is 14.2 Å². The molecule has 0 heterocycles. The van der Waals surface area contributed by atoms with E-state index in [2.05, 4.69) is 15.4 Å². The van der Waals surface area contributed by atoms with Gasteiger partial charge in [0.05, 0.1) is 18.7 Å². The highest BCUT2D eigenvalue weighted by atomic mass is 16.6. The fraction of sp³-hybridized carbons (Fsp3) is 0.333. The van der Waals surface area contributed by atoms with Gasteiger partial charge in [-0.3, -0.25) is 28.8 Å². The number of rotatable bonds is 16. The van der Waals surface area contributed by atoms with Crippen LogP contribution in [0, 0.1) is 27.7 Å². The Kier molecular flexibility index (Phi) is 21.7. The Hall–Kier alpha value is -7.40. The number of esters is 4. The van der Waals surface area contributed by atoms with Gasteiger partial charge in [0.15, 0.2) is 6.10 Å². The van der Waals surface area contributed by atoms with E-state index >= 15 is 0 Å². The number of carboxylic acid groups (broad SMARTS) is 2. The molecule has 0 aromatic heterocycles. The largest absolute Gasteiger partial charge is 0.479 e. The summed E-state index contributed by atoms with van der Waals surface area (Å²) in [5, 5.41) is 34.1. The fourth-order valence-electron chi connectivity index (χ4n) is 6.21. The van der Waals surface area contributed by atoms with E-state index in [0.717, 1.165) is 18.1 Å². The van der Waals surface area contributed by atoms with Crippen LogP contribution < -0.4 is 20.1 Å². The second-order valence-corrected chi connectivity index (χ2v) is 14.7. The standard InChI is InChI=1S/C23H25NO7.C21H23NO6.C4H8O2/c1-13-10-18(14(2)20(11-13)30-15(3)25)22(27)24-19(12-17-8-6-5-7-9-17)21(23(28)29)31-16(4)26;1-12-9-16(13(2)18(10-12)28-14(3)23)20(25)22-17(19(24)21(26)27)11-15-7-5-4-6-8-15;1-3-6-4(2)5/h5-11,19,21H,12H2,1-4H3,(H,24,27)(H,28,29);4-10,17,19,24H,11H2,1-3H3,(H,22,25)(H,26,27);3H2,1-2H3/t19-,21-;17-,19-;/m00./s1. The zero-order chi connectivity index (χ0) is 49.0. The van der Waals surface area contributed by atoms with Crippen molar-refractivity contribution in [2.45, 2.75) is 99.4 Å². The topological polar surface area (TPSA) is 258 Å². The first kappa shape index (κ1) is 53.7. The van der Waals surface area contributed by atoms with Crippen molar-refractivity contribution in [2.75, 3.05) is 6.61 Å². The molecule has 348 valence electrons. The second-order valence-electron chi connectivity index (χ2n) is 14.7. The van der Waals surface area contributed by atoms with Gasteiger partial charge >= 0.3 is 35.8 Å². The van der Waals surface area contributed by atoms with Gasteiger partial charge < -0.3 is 44.9 Å². The number of aryl methyl sites for hydroxylation is 2. The Morgan fingerprint density at radius 2 is 0.954 bits per heavy atom. The molecule has 0 aliphatic carbocycles. The molecular formula is C48H56N2O15. The van der Waals surface area contributed by atoms with Crippen molar-refractivity contribution in [2.24, 2.45) is 0 Å². The average molecular weight is 901 g/mol. The van der Waals surface area contributed by atoms with E-state index < -0.39 is 66.0 Å². The second kappa shape index (κ2) is 26.3. The summed E-state index contributed by atoms with van der Waals surface area (Å²) < 4.78 is 19.7. The Morgan fingerprint density at radius 3 is 1.28 bits per heavy atom. The molecule has 17 heteroatoms. The Balaban J connectivity index is 0.000000398. The van der Waals surface area contributed by atoms with Crippen LogP contribution in [0.1, 0.15) is 88.7 Å². The van der Waals surface area contributed by atoms with Gasteiger partial charge in [0.25, 0.3) is 11.8 Å². The van der Waals surface area contributed by atoms with Gasteiger partial charge in [-0.2, -0.15) is 0 Å². The molecule has 0 saturated carbocycles. The molecule has 0 spiro atoms. The maximum absolute atomic E-state index is 13.1. The molecule has 0 unspecified atom stereocenters. The normalized spacial score (nSPS) is 12.1. The molecule has 65 heavy (non-hydrogen) atoms.